The van der Waals surface area contributed by atoms with Crippen molar-refractivity contribution in [3.8, 4) is 11.3 Å². The van der Waals surface area contributed by atoms with E-state index in [-0.39, 0.29) is 0 Å². The van der Waals surface area contributed by atoms with Crippen LogP contribution in [0, 0.1) is 6.92 Å². The normalized spacial score (nSPS) is 17.2. The highest BCUT2D eigenvalue weighted by Crippen LogP contribution is 2.24. The van der Waals surface area contributed by atoms with Crippen molar-refractivity contribution >= 4 is 22.2 Å². The molecule has 0 amide bonds. The Hall–Kier alpha value is -2.48. The molecular weight excluding hydrogens is 339 g/mol. The van der Waals surface area contributed by atoms with Crippen LogP contribution in [0.2, 0.25) is 0 Å². The van der Waals surface area contributed by atoms with Gasteiger partial charge in [0.1, 0.15) is 17.0 Å². The number of aromatic nitrogens is 4. The molecule has 0 aromatic carbocycles. The predicted octanol–water partition coefficient (Wildman–Crippen LogP) is 3.40. The molecule has 1 fully saturated rings. The van der Waals surface area contributed by atoms with E-state index in [1.807, 2.05) is 36.2 Å². The number of pyridine rings is 1. The number of H-pyrrole nitrogens is 1. The molecule has 130 valence electrons. The first-order valence-corrected chi connectivity index (χ1v) is 9.05. The molecule has 8 heteroatoms. The lowest BCUT2D eigenvalue weighted by Gasteiger charge is -2.15. The first kappa shape index (κ1) is 16.0. The number of aryl methyl sites for hydroxylation is 1. The lowest BCUT2D eigenvalue weighted by atomic mass is 10.2. The Morgan fingerprint density at radius 1 is 1.36 bits per heavy atom. The number of thiazole rings is 1. The molecule has 4 rings (SSSR count). The Morgan fingerprint density at radius 3 is 2.96 bits per heavy atom. The van der Waals surface area contributed by atoms with Crippen LogP contribution in [0.25, 0.3) is 11.3 Å². The number of anilines is 2. The average molecular weight is 358 g/mol. The van der Waals surface area contributed by atoms with Crippen LogP contribution in [0.15, 0.2) is 30.6 Å². The SMILES string of the molecule is Cc1ncc(NCc2cc(-c3ccc(N4CC[C@@H](F)C4)nc3)n[nH]2)s1. The van der Waals surface area contributed by atoms with Crippen molar-refractivity contribution in [1.82, 2.24) is 20.2 Å². The fraction of sp³-hybridized carbons (Fsp3) is 0.353. The zero-order valence-corrected chi connectivity index (χ0v) is 14.7. The van der Waals surface area contributed by atoms with E-state index in [2.05, 4.69) is 25.5 Å². The van der Waals surface area contributed by atoms with Gasteiger partial charge >= 0.3 is 0 Å². The minimum absolute atomic E-state index is 0.432. The van der Waals surface area contributed by atoms with Gasteiger partial charge in [0, 0.05) is 18.3 Å². The summed E-state index contributed by atoms with van der Waals surface area (Å²) in [5.74, 6) is 0.821. The zero-order chi connectivity index (χ0) is 17.2. The van der Waals surface area contributed by atoms with Gasteiger partial charge in [0.15, 0.2) is 0 Å². The van der Waals surface area contributed by atoms with Crippen molar-refractivity contribution in [3.05, 3.63) is 41.3 Å². The standard InChI is InChI=1S/C17H19FN6S/c1-11-19-9-17(25-11)21-8-14-6-15(23-22-14)12-2-3-16(20-7-12)24-5-4-13(18)10-24/h2-3,6-7,9,13,21H,4-5,8,10H2,1H3,(H,22,23)/t13-/m1/s1. The van der Waals surface area contributed by atoms with E-state index in [1.165, 1.54) is 0 Å². The van der Waals surface area contributed by atoms with Gasteiger partial charge in [-0.3, -0.25) is 5.10 Å². The van der Waals surface area contributed by atoms with Crippen LogP contribution in [0.4, 0.5) is 15.2 Å². The highest BCUT2D eigenvalue weighted by atomic mass is 32.1. The molecule has 0 bridgehead atoms. The van der Waals surface area contributed by atoms with Gasteiger partial charge in [-0.25, -0.2) is 14.4 Å². The van der Waals surface area contributed by atoms with E-state index < -0.39 is 6.17 Å². The first-order chi connectivity index (χ1) is 12.2. The van der Waals surface area contributed by atoms with Crippen molar-refractivity contribution in [1.29, 1.82) is 0 Å². The smallest absolute Gasteiger partial charge is 0.128 e. The van der Waals surface area contributed by atoms with Crippen LogP contribution < -0.4 is 10.2 Å². The summed E-state index contributed by atoms with van der Waals surface area (Å²) in [5.41, 5.74) is 2.78. The van der Waals surface area contributed by atoms with Crippen molar-refractivity contribution in [3.63, 3.8) is 0 Å². The molecule has 3 aromatic rings. The first-order valence-electron chi connectivity index (χ1n) is 8.23. The van der Waals surface area contributed by atoms with Gasteiger partial charge in [-0.05, 0) is 31.5 Å². The van der Waals surface area contributed by atoms with Crippen LogP contribution >= 0.6 is 11.3 Å². The van der Waals surface area contributed by atoms with Gasteiger partial charge in [-0.15, -0.1) is 11.3 Å². The summed E-state index contributed by atoms with van der Waals surface area (Å²) < 4.78 is 13.3. The molecule has 2 N–H and O–H groups in total. The van der Waals surface area contributed by atoms with E-state index in [0.29, 0.717) is 19.5 Å². The molecule has 6 nitrogen and oxygen atoms in total. The zero-order valence-electron chi connectivity index (χ0n) is 13.9. The molecule has 1 saturated heterocycles. The summed E-state index contributed by atoms with van der Waals surface area (Å²) in [6, 6.07) is 5.92. The second kappa shape index (κ2) is 6.79. The fourth-order valence-electron chi connectivity index (χ4n) is 2.88. The molecule has 3 aromatic heterocycles. The number of hydrogen-bond acceptors (Lipinski definition) is 6. The van der Waals surface area contributed by atoms with Gasteiger partial charge in [0.25, 0.3) is 0 Å². The third-order valence-electron chi connectivity index (χ3n) is 4.20. The number of alkyl halides is 1. The van der Waals surface area contributed by atoms with Crippen LogP contribution in [0.1, 0.15) is 17.1 Å². The minimum Gasteiger partial charge on any atom is -0.370 e. The third kappa shape index (κ3) is 3.63. The van der Waals surface area contributed by atoms with Crippen molar-refractivity contribution in [2.45, 2.75) is 26.1 Å². The molecule has 0 unspecified atom stereocenters. The van der Waals surface area contributed by atoms with Crippen molar-refractivity contribution in [2.24, 2.45) is 0 Å². The third-order valence-corrected chi connectivity index (χ3v) is 5.07. The van der Waals surface area contributed by atoms with Gasteiger partial charge in [-0.2, -0.15) is 5.10 Å². The number of aromatic amines is 1. The Kier molecular flexibility index (Phi) is 4.35. The second-order valence-corrected chi connectivity index (χ2v) is 7.35. The number of nitrogens with zero attached hydrogens (tertiary/aromatic N) is 4. The molecule has 0 saturated carbocycles. The molecule has 1 atom stereocenters. The van der Waals surface area contributed by atoms with Gasteiger partial charge in [0.2, 0.25) is 0 Å². The molecule has 1 aliphatic rings. The topological polar surface area (TPSA) is 69.7 Å². The predicted molar refractivity (Wildman–Crippen MR) is 97.7 cm³/mol. The average Bonchev–Trinajstić information content (AvgIpc) is 3.34. The summed E-state index contributed by atoms with van der Waals surface area (Å²) in [4.78, 5) is 10.7. The maximum absolute atomic E-state index is 13.3. The quantitative estimate of drug-likeness (QED) is 0.732. The monoisotopic (exact) mass is 358 g/mol. The van der Waals surface area contributed by atoms with E-state index >= 15 is 0 Å². The van der Waals surface area contributed by atoms with Gasteiger partial charge in [-0.1, -0.05) is 0 Å². The lowest BCUT2D eigenvalue weighted by molar-refractivity contribution is 0.364. The molecule has 1 aliphatic heterocycles. The number of rotatable bonds is 5. The molecular formula is C17H19FN6S. The Balaban J connectivity index is 1.41. The molecule has 0 spiro atoms. The highest BCUT2D eigenvalue weighted by Gasteiger charge is 2.22. The molecule has 4 heterocycles. The summed E-state index contributed by atoms with van der Waals surface area (Å²) >= 11 is 1.63. The number of nitrogens with one attached hydrogen (secondary N) is 2. The van der Waals surface area contributed by atoms with E-state index in [9.17, 15) is 4.39 Å². The Morgan fingerprint density at radius 2 is 2.28 bits per heavy atom. The summed E-state index contributed by atoms with van der Waals surface area (Å²) in [5, 5.41) is 12.8. The van der Waals surface area contributed by atoms with Gasteiger partial charge in [0.05, 0.1) is 35.7 Å². The second-order valence-electron chi connectivity index (χ2n) is 6.11. The Labute approximate surface area is 149 Å². The summed E-state index contributed by atoms with van der Waals surface area (Å²) in [6.07, 6.45) is 3.46. The largest absolute Gasteiger partial charge is 0.370 e. The maximum Gasteiger partial charge on any atom is 0.128 e. The maximum atomic E-state index is 13.3. The number of hydrogen-bond donors (Lipinski definition) is 2. The van der Waals surface area contributed by atoms with Gasteiger partial charge < -0.3 is 10.2 Å². The van der Waals surface area contributed by atoms with E-state index in [0.717, 1.165) is 39.3 Å². The van der Waals surface area contributed by atoms with Crippen molar-refractivity contribution < 1.29 is 4.39 Å². The minimum atomic E-state index is -0.745. The Bertz CT molecular complexity index is 843. The van der Waals surface area contributed by atoms with E-state index in [4.69, 9.17) is 0 Å². The van der Waals surface area contributed by atoms with E-state index in [1.54, 1.807) is 17.5 Å². The van der Waals surface area contributed by atoms with Crippen LogP contribution in [-0.2, 0) is 6.54 Å². The molecule has 25 heavy (non-hydrogen) atoms. The fourth-order valence-corrected chi connectivity index (χ4v) is 3.55. The van der Waals surface area contributed by atoms with Crippen LogP contribution in [0.5, 0.6) is 0 Å². The van der Waals surface area contributed by atoms with Crippen molar-refractivity contribution in [2.75, 3.05) is 23.3 Å². The molecule has 0 radical (unpaired) electrons. The van der Waals surface area contributed by atoms with Crippen LogP contribution in [-0.4, -0.2) is 39.4 Å². The summed E-state index contributed by atoms with van der Waals surface area (Å²) in [6.45, 7) is 3.80. The lowest BCUT2D eigenvalue weighted by Crippen LogP contribution is -2.20. The van der Waals surface area contributed by atoms with Crippen LogP contribution in [0.3, 0.4) is 0 Å². The number of halogens is 1. The highest BCUT2D eigenvalue weighted by molar-refractivity contribution is 7.15. The molecule has 0 aliphatic carbocycles. The summed E-state index contributed by atoms with van der Waals surface area (Å²) in [7, 11) is 0.